The van der Waals surface area contributed by atoms with E-state index in [2.05, 4.69) is 46.4 Å². The van der Waals surface area contributed by atoms with E-state index in [9.17, 15) is 4.79 Å². The summed E-state index contributed by atoms with van der Waals surface area (Å²) >= 11 is -2.88. The Morgan fingerprint density at radius 3 is 1.97 bits per heavy atom. The van der Waals surface area contributed by atoms with E-state index in [0.717, 1.165) is 0 Å². The van der Waals surface area contributed by atoms with E-state index in [1.165, 1.54) is 64.7 Å². The van der Waals surface area contributed by atoms with Gasteiger partial charge in [-0.3, -0.25) is 0 Å². The molecule has 3 aliphatic rings. The standard InChI is InChI=1S/C16H26NO3.3C4H9.Sn/c1-14(2,3)20-13(18)17-9-19-11-10-7-8-16(6,12(11)17)15(10,4)5;3*1-3-4-2;/h9-12H,7-8H2,1-6H3;3*1,3-4H2,2H3;/t10-,11+,12+,16-;;;;/m0..../s1. The van der Waals surface area contributed by atoms with Crippen molar-refractivity contribution in [3.63, 3.8) is 0 Å². The topological polar surface area (TPSA) is 38.8 Å². The van der Waals surface area contributed by atoms with Crippen molar-refractivity contribution in [3.8, 4) is 0 Å². The van der Waals surface area contributed by atoms with Crippen LogP contribution in [0.5, 0.6) is 0 Å². The van der Waals surface area contributed by atoms with Crippen LogP contribution < -0.4 is 0 Å². The minimum absolute atomic E-state index is 0.0461. The van der Waals surface area contributed by atoms with Gasteiger partial charge in [-0.15, -0.1) is 0 Å². The molecule has 0 radical (unpaired) electrons. The molecule has 2 aliphatic carbocycles. The van der Waals surface area contributed by atoms with Gasteiger partial charge in [0.05, 0.1) is 0 Å². The van der Waals surface area contributed by atoms with Crippen LogP contribution in [0.25, 0.3) is 0 Å². The molecule has 0 aromatic rings. The van der Waals surface area contributed by atoms with Gasteiger partial charge in [0.15, 0.2) is 0 Å². The number of hydrogen-bond acceptors (Lipinski definition) is 3. The molecular formula is C28H53NO3Sn. The van der Waals surface area contributed by atoms with Crippen LogP contribution in [-0.4, -0.2) is 51.4 Å². The van der Waals surface area contributed by atoms with Crippen molar-refractivity contribution in [2.75, 3.05) is 0 Å². The van der Waals surface area contributed by atoms with E-state index in [1.807, 2.05) is 20.8 Å². The van der Waals surface area contributed by atoms with Crippen molar-refractivity contribution in [2.45, 2.75) is 149 Å². The number of nitrogens with zero attached hydrogens (tertiary/aromatic N) is 1. The van der Waals surface area contributed by atoms with Gasteiger partial charge in [0.25, 0.3) is 0 Å². The minimum atomic E-state index is -2.88. The van der Waals surface area contributed by atoms with Crippen LogP contribution in [0.1, 0.15) is 114 Å². The number of hydrogen-bond donors (Lipinski definition) is 0. The molecule has 192 valence electrons. The molecule has 0 aromatic carbocycles. The fraction of sp³-hybridized carbons (Fsp3) is 0.964. The summed E-state index contributed by atoms with van der Waals surface area (Å²) in [6.45, 7) is 20.3. The summed E-state index contributed by atoms with van der Waals surface area (Å²) in [7, 11) is 0. The van der Waals surface area contributed by atoms with Gasteiger partial charge in [0.2, 0.25) is 0 Å². The number of carbonyl (C=O) groups is 1. The van der Waals surface area contributed by atoms with Crippen LogP contribution in [0.4, 0.5) is 4.79 Å². The molecule has 1 heterocycles. The van der Waals surface area contributed by atoms with E-state index in [-0.39, 0.29) is 33.3 Å². The third-order valence-corrected chi connectivity index (χ3v) is 25.5. The van der Waals surface area contributed by atoms with Crippen LogP contribution in [0.15, 0.2) is 0 Å². The molecule has 0 aromatic heterocycles. The molecule has 1 saturated heterocycles. The fourth-order valence-corrected chi connectivity index (χ4v) is 24.6. The van der Waals surface area contributed by atoms with E-state index < -0.39 is 24.0 Å². The number of rotatable bonds is 10. The Kier molecular flexibility index (Phi) is 8.52. The Morgan fingerprint density at radius 1 is 1.00 bits per heavy atom. The summed E-state index contributed by atoms with van der Waals surface area (Å²) in [4.78, 5) is 16.2. The maximum atomic E-state index is 14.0. The quantitative estimate of drug-likeness (QED) is 0.249. The van der Waals surface area contributed by atoms with Crippen LogP contribution in [0, 0.1) is 16.7 Å². The van der Waals surface area contributed by atoms with Gasteiger partial charge in [0.1, 0.15) is 0 Å². The molecule has 33 heavy (non-hydrogen) atoms. The Balaban J connectivity index is 2.07. The van der Waals surface area contributed by atoms with Crippen molar-refractivity contribution in [1.82, 2.24) is 4.90 Å². The third kappa shape index (κ3) is 4.87. The van der Waals surface area contributed by atoms with E-state index in [1.54, 1.807) is 0 Å². The fourth-order valence-electron chi connectivity index (χ4n) is 7.54. The molecular weight excluding hydrogens is 517 g/mol. The second kappa shape index (κ2) is 10.2. The van der Waals surface area contributed by atoms with Gasteiger partial charge in [0, 0.05) is 0 Å². The zero-order chi connectivity index (χ0) is 24.7. The second-order valence-corrected chi connectivity index (χ2v) is 26.7. The third-order valence-electron chi connectivity index (χ3n) is 9.79. The predicted octanol–water partition coefficient (Wildman–Crippen LogP) is 8.16. The van der Waals surface area contributed by atoms with Crippen molar-refractivity contribution >= 4 is 24.5 Å². The van der Waals surface area contributed by atoms with E-state index >= 15 is 0 Å². The van der Waals surface area contributed by atoms with E-state index in [4.69, 9.17) is 9.47 Å². The van der Waals surface area contributed by atoms with Crippen LogP contribution in [-0.2, 0) is 9.47 Å². The average Bonchev–Trinajstić information content (AvgIpc) is 3.28. The first kappa shape index (κ1) is 27.6. The SMILES string of the molecule is CCC[CH2][Sn]([CH2]CCC)([CH2]CCC)[C@@H]1O[C@@H]2[C@@H]3CC[C@@](C)([C@@H]2N1C(=O)OC(C)(C)C)C3(C)C. The molecule has 3 rings (SSSR count). The summed E-state index contributed by atoms with van der Waals surface area (Å²) in [6.07, 6.45) is 10.1. The molecule has 2 bridgehead atoms. The summed E-state index contributed by atoms with van der Waals surface area (Å²) in [6, 6.07) is 0.173. The second-order valence-electron chi connectivity index (χ2n) is 13.2. The van der Waals surface area contributed by atoms with Gasteiger partial charge in [-0.2, -0.15) is 0 Å². The van der Waals surface area contributed by atoms with Gasteiger partial charge < -0.3 is 0 Å². The Hall–Kier alpha value is 0.0287. The summed E-state index contributed by atoms with van der Waals surface area (Å²) in [5, 5.41) is 0. The molecule has 5 heteroatoms. The molecule has 0 spiro atoms. The number of amides is 1. The molecule has 2 saturated carbocycles. The van der Waals surface area contributed by atoms with Crippen molar-refractivity contribution in [1.29, 1.82) is 0 Å². The van der Waals surface area contributed by atoms with Crippen LogP contribution in [0.2, 0.25) is 13.3 Å². The summed E-state index contributed by atoms with van der Waals surface area (Å²) in [5.74, 6) is 0.551. The Bertz CT molecular complexity index is 665. The van der Waals surface area contributed by atoms with Crippen molar-refractivity contribution in [2.24, 2.45) is 16.7 Å². The van der Waals surface area contributed by atoms with Crippen LogP contribution >= 0.6 is 0 Å². The van der Waals surface area contributed by atoms with Crippen molar-refractivity contribution in [3.05, 3.63) is 0 Å². The molecule has 4 nitrogen and oxygen atoms in total. The molecule has 3 fully saturated rings. The summed E-state index contributed by atoms with van der Waals surface area (Å²) in [5.41, 5.74) is -0.184. The number of carbonyl (C=O) groups excluding carboxylic acids is 1. The van der Waals surface area contributed by atoms with Gasteiger partial charge in [-0.1, -0.05) is 0 Å². The summed E-state index contributed by atoms with van der Waals surface area (Å²) < 4.78 is 17.5. The number of fused-ring (bicyclic) bond motifs is 5. The molecule has 1 aliphatic heterocycles. The van der Waals surface area contributed by atoms with Crippen molar-refractivity contribution < 1.29 is 14.3 Å². The van der Waals surface area contributed by atoms with Gasteiger partial charge >= 0.3 is 209 Å². The molecule has 1 amide bonds. The molecule has 5 atom stereocenters. The zero-order valence-electron chi connectivity index (χ0n) is 23.3. The first-order chi connectivity index (χ1) is 15.4. The monoisotopic (exact) mass is 571 g/mol. The first-order valence-corrected chi connectivity index (χ1v) is 21.8. The first-order valence-electron chi connectivity index (χ1n) is 14.1. The van der Waals surface area contributed by atoms with Crippen LogP contribution in [0.3, 0.4) is 0 Å². The Morgan fingerprint density at radius 2 is 1.52 bits per heavy atom. The number of ether oxygens (including phenoxy) is 2. The van der Waals surface area contributed by atoms with E-state index in [0.29, 0.717) is 5.92 Å². The molecule has 0 unspecified atom stereocenters. The Labute approximate surface area is 208 Å². The maximum absolute atomic E-state index is 14.0. The predicted molar refractivity (Wildman–Crippen MR) is 140 cm³/mol. The number of unbranched alkanes of at least 4 members (excludes halogenated alkanes) is 3. The average molecular weight is 570 g/mol. The van der Waals surface area contributed by atoms with Gasteiger partial charge in [-0.05, 0) is 0 Å². The molecule has 0 N–H and O–H groups in total. The normalized spacial score (nSPS) is 32.9. The zero-order valence-corrected chi connectivity index (χ0v) is 26.1. The van der Waals surface area contributed by atoms with Gasteiger partial charge in [-0.25, -0.2) is 0 Å².